The Balaban J connectivity index is 2.04. The molecule has 3 rings (SSSR count). The van der Waals surface area contributed by atoms with Crippen molar-refractivity contribution >= 4 is 16.9 Å². The summed E-state index contributed by atoms with van der Waals surface area (Å²) in [5.74, 6) is 1.46. The summed E-state index contributed by atoms with van der Waals surface area (Å²) in [4.78, 5) is 11.5. The number of aromatic nitrogens is 2. The second-order valence-electron chi connectivity index (χ2n) is 4.64. The smallest absolute Gasteiger partial charge is 0.257 e. The van der Waals surface area contributed by atoms with Crippen LogP contribution in [0.5, 0.6) is 5.88 Å². The van der Waals surface area contributed by atoms with E-state index in [9.17, 15) is 0 Å². The maximum absolute atomic E-state index is 5.41. The lowest BCUT2D eigenvalue weighted by Gasteiger charge is -2.22. The first-order chi connectivity index (χ1) is 9.38. The minimum Gasteiger partial charge on any atom is -0.478 e. The molecule has 1 aromatic carbocycles. The molecule has 19 heavy (non-hydrogen) atoms. The average molecular weight is 258 g/mol. The summed E-state index contributed by atoms with van der Waals surface area (Å²) in [5, 5.41) is 3.39. The summed E-state index contributed by atoms with van der Waals surface area (Å²) in [7, 11) is 1.65. The van der Waals surface area contributed by atoms with E-state index in [0.717, 1.165) is 49.5 Å². The lowest BCUT2D eigenvalue weighted by Crippen LogP contribution is -2.29. The predicted octanol–water partition coefficient (Wildman–Crippen LogP) is 1.44. The fourth-order valence-electron chi connectivity index (χ4n) is 2.38. The number of hydrogen-bond acceptors (Lipinski definition) is 5. The van der Waals surface area contributed by atoms with Crippen LogP contribution in [-0.4, -0.2) is 43.3 Å². The number of fused-ring (bicyclic) bond motifs is 1. The molecule has 1 aromatic heterocycles. The van der Waals surface area contributed by atoms with E-state index in [1.54, 1.807) is 7.11 Å². The second kappa shape index (κ2) is 5.40. The highest BCUT2D eigenvalue weighted by molar-refractivity contribution is 5.77. The Bertz CT molecular complexity index is 564. The Kier molecular flexibility index (Phi) is 3.46. The van der Waals surface area contributed by atoms with Gasteiger partial charge in [-0.05, 0) is 25.1 Å². The van der Waals surface area contributed by atoms with Gasteiger partial charge in [-0.15, -0.1) is 0 Å². The van der Waals surface area contributed by atoms with Crippen LogP contribution in [0.4, 0.5) is 5.82 Å². The Labute approximate surface area is 112 Å². The molecular formula is C14H18N4O. The lowest BCUT2D eigenvalue weighted by molar-refractivity contribution is 0.397. The van der Waals surface area contributed by atoms with Crippen LogP contribution in [0.1, 0.15) is 6.42 Å². The molecule has 1 aliphatic rings. The molecule has 2 heterocycles. The minimum absolute atomic E-state index is 0.612. The van der Waals surface area contributed by atoms with E-state index >= 15 is 0 Å². The third-order valence-corrected chi connectivity index (χ3v) is 3.35. The molecular weight excluding hydrogens is 240 g/mol. The van der Waals surface area contributed by atoms with Gasteiger partial charge < -0.3 is 15.0 Å². The van der Waals surface area contributed by atoms with Crippen LogP contribution in [0.2, 0.25) is 0 Å². The van der Waals surface area contributed by atoms with E-state index in [1.165, 1.54) is 0 Å². The van der Waals surface area contributed by atoms with Crippen LogP contribution in [0.15, 0.2) is 24.3 Å². The highest BCUT2D eigenvalue weighted by atomic mass is 16.5. The van der Waals surface area contributed by atoms with Crippen molar-refractivity contribution in [3.05, 3.63) is 24.3 Å². The standard InChI is InChI=1S/C14H18N4O/c1-19-14-13(18-9-4-7-15-8-10-18)16-11-5-2-3-6-12(11)17-14/h2-3,5-6,15H,4,7-10H2,1H3. The van der Waals surface area contributed by atoms with Crippen LogP contribution in [0.25, 0.3) is 11.0 Å². The molecule has 5 heteroatoms. The van der Waals surface area contributed by atoms with Crippen LogP contribution < -0.4 is 15.0 Å². The number of nitrogens with one attached hydrogen (secondary N) is 1. The second-order valence-corrected chi connectivity index (χ2v) is 4.64. The molecule has 0 unspecified atom stereocenters. The number of para-hydroxylation sites is 2. The van der Waals surface area contributed by atoms with Gasteiger partial charge in [-0.3, -0.25) is 0 Å². The van der Waals surface area contributed by atoms with Gasteiger partial charge in [-0.25, -0.2) is 9.97 Å². The number of hydrogen-bond donors (Lipinski definition) is 1. The highest BCUT2D eigenvalue weighted by Gasteiger charge is 2.17. The summed E-state index contributed by atoms with van der Waals surface area (Å²) in [6.07, 6.45) is 1.11. The van der Waals surface area contributed by atoms with Crippen LogP contribution in [0, 0.1) is 0 Å². The Morgan fingerprint density at radius 3 is 2.68 bits per heavy atom. The van der Waals surface area contributed by atoms with E-state index in [-0.39, 0.29) is 0 Å². The Morgan fingerprint density at radius 1 is 1.11 bits per heavy atom. The Morgan fingerprint density at radius 2 is 1.89 bits per heavy atom. The Hall–Kier alpha value is -1.88. The molecule has 5 nitrogen and oxygen atoms in total. The molecule has 1 fully saturated rings. The maximum Gasteiger partial charge on any atom is 0.257 e. The molecule has 0 saturated carbocycles. The molecule has 0 radical (unpaired) electrons. The quantitative estimate of drug-likeness (QED) is 0.883. The number of benzene rings is 1. The van der Waals surface area contributed by atoms with E-state index in [4.69, 9.17) is 9.72 Å². The van der Waals surface area contributed by atoms with Crippen LogP contribution in [0.3, 0.4) is 0 Å². The number of ether oxygens (including phenoxy) is 1. The average Bonchev–Trinajstić information content (AvgIpc) is 2.74. The third kappa shape index (κ3) is 2.46. The molecule has 0 bridgehead atoms. The fraction of sp³-hybridized carbons (Fsp3) is 0.429. The topological polar surface area (TPSA) is 50.3 Å². The van der Waals surface area contributed by atoms with Crippen molar-refractivity contribution in [3.63, 3.8) is 0 Å². The first kappa shape index (κ1) is 12.2. The van der Waals surface area contributed by atoms with Gasteiger partial charge >= 0.3 is 0 Å². The number of anilines is 1. The first-order valence-corrected chi connectivity index (χ1v) is 6.65. The zero-order valence-corrected chi connectivity index (χ0v) is 11.1. The number of methoxy groups -OCH3 is 1. The molecule has 0 aliphatic carbocycles. The van der Waals surface area contributed by atoms with Gasteiger partial charge in [0, 0.05) is 19.6 Å². The monoisotopic (exact) mass is 258 g/mol. The van der Waals surface area contributed by atoms with E-state index < -0.39 is 0 Å². The number of rotatable bonds is 2. The molecule has 1 N–H and O–H groups in total. The van der Waals surface area contributed by atoms with Crippen molar-refractivity contribution in [2.45, 2.75) is 6.42 Å². The van der Waals surface area contributed by atoms with Crippen molar-refractivity contribution in [1.82, 2.24) is 15.3 Å². The molecule has 0 amide bonds. The van der Waals surface area contributed by atoms with Crippen molar-refractivity contribution in [3.8, 4) is 5.88 Å². The van der Waals surface area contributed by atoms with Gasteiger partial charge in [0.05, 0.1) is 18.1 Å². The minimum atomic E-state index is 0.612. The van der Waals surface area contributed by atoms with Crippen LogP contribution >= 0.6 is 0 Å². The van der Waals surface area contributed by atoms with Gasteiger partial charge in [-0.1, -0.05) is 12.1 Å². The fourth-order valence-corrected chi connectivity index (χ4v) is 2.38. The van der Waals surface area contributed by atoms with Crippen molar-refractivity contribution in [1.29, 1.82) is 0 Å². The molecule has 0 atom stereocenters. The summed E-state index contributed by atoms with van der Waals surface area (Å²) in [5.41, 5.74) is 1.78. The van der Waals surface area contributed by atoms with E-state index in [0.29, 0.717) is 5.88 Å². The van der Waals surface area contributed by atoms with Crippen molar-refractivity contribution in [2.75, 3.05) is 38.2 Å². The van der Waals surface area contributed by atoms with E-state index in [1.807, 2.05) is 24.3 Å². The van der Waals surface area contributed by atoms with Gasteiger partial charge in [0.2, 0.25) is 0 Å². The molecule has 1 saturated heterocycles. The van der Waals surface area contributed by atoms with Gasteiger partial charge in [-0.2, -0.15) is 0 Å². The van der Waals surface area contributed by atoms with E-state index in [2.05, 4.69) is 15.2 Å². The maximum atomic E-state index is 5.41. The third-order valence-electron chi connectivity index (χ3n) is 3.35. The zero-order valence-electron chi connectivity index (χ0n) is 11.1. The summed E-state index contributed by atoms with van der Waals surface area (Å²) >= 11 is 0. The zero-order chi connectivity index (χ0) is 13.1. The predicted molar refractivity (Wildman–Crippen MR) is 75.8 cm³/mol. The largest absolute Gasteiger partial charge is 0.478 e. The van der Waals surface area contributed by atoms with Gasteiger partial charge in [0.25, 0.3) is 5.88 Å². The van der Waals surface area contributed by atoms with Crippen molar-refractivity contribution < 1.29 is 4.74 Å². The lowest BCUT2D eigenvalue weighted by atomic mass is 10.3. The molecule has 2 aromatic rings. The van der Waals surface area contributed by atoms with Crippen molar-refractivity contribution in [2.24, 2.45) is 0 Å². The number of nitrogens with zero attached hydrogens (tertiary/aromatic N) is 3. The SMILES string of the molecule is COc1nc2ccccc2nc1N1CCCNCC1. The van der Waals surface area contributed by atoms with Gasteiger partial charge in [0.15, 0.2) is 5.82 Å². The molecule has 0 spiro atoms. The molecule has 1 aliphatic heterocycles. The van der Waals surface area contributed by atoms with Gasteiger partial charge in [0.1, 0.15) is 0 Å². The summed E-state index contributed by atoms with van der Waals surface area (Å²) < 4.78 is 5.41. The first-order valence-electron chi connectivity index (χ1n) is 6.65. The summed E-state index contributed by atoms with van der Waals surface area (Å²) in [6, 6.07) is 7.89. The van der Waals surface area contributed by atoms with Crippen LogP contribution in [-0.2, 0) is 0 Å². The normalized spacial score (nSPS) is 16.4. The summed E-state index contributed by atoms with van der Waals surface area (Å²) in [6.45, 7) is 3.94. The molecule has 100 valence electrons. The highest BCUT2D eigenvalue weighted by Crippen LogP contribution is 2.26.